The highest BCUT2D eigenvalue weighted by molar-refractivity contribution is 6.31. The minimum Gasteiger partial charge on any atom is -0.495 e. The summed E-state index contributed by atoms with van der Waals surface area (Å²) >= 11 is 6.17. The molecule has 2 aromatic heterocycles. The number of rotatable bonds is 6. The number of para-hydroxylation sites is 2. The summed E-state index contributed by atoms with van der Waals surface area (Å²) in [5.74, 6) is -0.0438. The largest absolute Gasteiger partial charge is 0.495 e. The number of halogens is 1. The number of amides is 1. The van der Waals surface area contributed by atoms with Crippen LogP contribution in [0, 0.1) is 0 Å². The van der Waals surface area contributed by atoms with Crippen LogP contribution in [0.1, 0.15) is 18.5 Å². The molecule has 4 rings (SSSR count). The maximum absolute atomic E-state index is 13.6. The van der Waals surface area contributed by atoms with Gasteiger partial charge in [0, 0.05) is 24.0 Å². The van der Waals surface area contributed by atoms with Crippen molar-refractivity contribution in [1.82, 2.24) is 19.4 Å². The second kappa shape index (κ2) is 9.30. The van der Waals surface area contributed by atoms with Crippen molar-refractivity contribution in [2.75, 3.05) is 7.11 Å². The van der Waals surface area contributed by atoms with Gasteiger partial charge in [0.2, 0.25) is 5.91 Å². The normalized spacial score (nSPS) is 11.8. The minimum atomic E-state index is -0.934. The fourth-order valence-electron chi connectivity index (χ4n) is 3.66. The van der Waals surface area contributed by atoms with Gasteiger partial charge in [-0.3, -0.25) is 19.1 Å². The zero-order valence-electron chi connectivity index (χ0n) is 18.0. The van der Waals surface area contributed by atoms with E-state index >= 15 is 0 Å². The third-order valence-electron chi connectivity index (χ3n) is 5.33. The van der Waals surface area contributed by atoms with Crippen molar-refractivity contribution >= 4 is 28.4 Å². The average Bonchev–Trinajstić information content (AvgIpc) is 2.83. The number of aromatic nitrogens is 3. The van der Waals surface area contributed by atoms with E-state index in [4.69, 9.17) is 16.3 Å². The number of nitrogens with one attached hydrogen (secondary N) is 1. The van der Waals surface area contributed by atoms with Crippen molar-refractivity contribution in [3.63, 3.8) is 0 Å². The van der Waals surface area contributed by atoms with E-state index in [-0.39, 0.29) is 23.1 Å². The first-order chi connectivity index (χ1) is 15.9. The molecule has 2 aromatic carbocycles. The molecule has 0 aliphatic carbocycles. The Labute approximate surface area is 194 Å². The van der Waals surface area contributed by atoms with Crippen molar-refractivity contribution < 1.29 is 9.53 Å². The van der Waals surface area contributed by atoms with Crippen molar-refractivity contribution in [2.24, 2.45) is 0 Å². The van der Waals surface area contributed by atoms with E-state index < -0.39 is 23.2 Å². The number of ether oxygens (including phenoxy) is 1. The molecule has 4 aromatic rings. The Morgan fingerprint density at radius 1 is 1.15 bits per heavy atom. The molecule has 1 amide bonds. The maximum atomic E-state index is 13.6. The first-order valence-electron chi connectivity index (χ1n) is 10.2. The highest BCUT2D eigenvalue weighted by atomic mass is 35.5. The third kappa shape index (κ3) is 4.25. The first kappa shape index (κ1) is 22.3. The predicted molar refractivity (Wildman–Crippen MR) is 126 cm³/mol. The summed E-state index contributed by atoms with van der Waals surface area (Å²) in [5, 5.41) is 3.40. The molecule has 8 nitrogen and oxygen atoms in total. The Balaban J connectivity index is 1.88. The van der Waals surface area contributed by atoms with E-state index in [2.05, 4.69) is 10.3 Å². The average molecular weight is 465 g/mol. The summed E-state index contributed by atoms with van der Waals surface area (Å²) in [5.41, 5.74) is 0.159. The van der Waals surface area contributed by atoms with Gasteiger partial charge in [-0.25, -0.2) is 9.36 Å². The fourth-order valence-corrected chi connectivity index (χ4v) is 3.83. The van der Waals surface area contributed by atoms with Crippen molar-refractivity contribution in [1.29, 1.82) is 0 Å². The molecule has 168 valence electrons. The van der Waals surface area contributed by atoms with Crippen molar-refractivity contribution in [2.45, 2.75) is 19.5 Å². The van der Waals surface area contributed by atoms with Crippen LogP contribution in [-0.4, -0.2) is 27.1 Å². The number of methoxy groups -OCH3 is 1. The van der Waals surface area contributed by atoms with Gasteiger partial charge in [0.15, 0.2) is 0 Å². The summed E-state index contributed by atoms with van der Waals surface area (Å²) in [6.07, 6.45) is 3.29. The lowest BCUT2D eigenvalue weighted by atomic mass is 10.2. The molecule has 0 fully saturated rings. The maximum Gasteiger partial charge on any atom is 0.337 e. The van der Waals surface area contributed by atoms with Crippen LogP contribution in [-0.2, 0) is 11.3 Å². The Hall–Kier alpha value is -3.91. The Bertz CT molecular complexity index is 1450. The van der Waals surface area contributed by atoms with E-state index in [0.29, 0.717) is 10.8 Å². The highest BCUT2D eigenvalue weighted by Crippen LogP contribution is 2.23. The lowest BCUT2D eigenvalue weighted by Crippen LogP contribution is -2.43. The number of fused-ring (bicyclic) bond motifs is 1. The quantitative estimate of drug-likeness (QED) is 0.473. The van der Waals surface area contributed by atoms with Gasteiger partial charge in [0.25, 0.3) is 5.56 Å². The second-order valence-electron chi connectivity index (χ2n) is 7.38. The standard InChI is InChI=1S/C24H21ClN4O4/c1-15(22(30)27-14-16-6-5-11-26-13-16)28-20-12-17(25)9-10-18(20)23(31)29(24(28)32)19-7-3-4-8-21(19)33-2/h3-13,15H,14H2,1-2H3,(H,27,30). The number of nitrogens with zero attached hydrogens (tertiary/aromatic N) is 3. The number of benzene rings is 2. The fraction of sp³-hybridized carbons (Fsp3) is 0.167. The molecule has 0 spiro atoms. The number of hydrogen-bond acceptors (Lipinski definition) is 5. The lowest BCUT2D eigenvalue weighted by molar-refractivity contribution is -0.124. The summed E-state index contributed by atoms with van der Waals surface area (Å²) < 4.78 is 7.65. The molecule has 9 heteroatoms. The molecular weight excluding hydrogens is 444 g/mol. The predicted octanol–water partition coefficient (Wildman–Crippen LogP) is 3.09. The Morgan fingerprint density at radius 3 is 2.67 bits per heavy atom. The van der Waals surface area contributed by atoms with Crippen LogP contribution < -0.4 is 21.3 Å². The topological polar surface area (TPSA) is 95.2 Å². The van der Waals surface area contributed by atoms with Crippen molar-refractivity contribution in [3.05, 3.63) is 98.4 Å². The van der Waals surface area contributed by atoms with E-state index in [1.165, 1.54) is 17.7 Å². The van der Waals surface area contributed by atoms with Crippen LogP contribution in [0.2, 0.25) is 5.02 Å². The van der Waals surface area contributed by atoms with Crippen LogP contribution >= 0.6 is 11.6 Å². The molecule has 1 atom stereocenters. The monoisotopic (exact) mass is 464 g/mol. The van der Waals surface area contributed by atoms with Gasteiger partial charge in [-0.2, -0.15) is 0 Å². The van der Waals surface area contributed by atoms with Gasteiger partial charge in [-0.15, -0.1) is 0 Å². The molecule has 2 heterocycles. The second-order valence-corrected chi connectivity index (χ2v) is 7.82. The molecule has 0 saturated carbocycles. The first-order valence-corrected chi connectivity index (χ1v) is 10.6. The van der Waals surface area contributed by atoms with Crippen LogP contribution in [0.25, 0.3) is 16.6 Å². The molecule has 0 aliphatic rings. The summed E-state index contributed by atoms with van der Waals surface area (Å²) in [6.45, 7) is 1.84. The van der Waals surface area contributed by atoms with E-state index in [1.54, 1.807) is 61.8 Å². The van der Waals surface area contributed by atoms with Gasteiger partial charge < -0.3 is 10.1 Å². The van der Waals surface area contributed by atoms with Crippen LogP contribution in [0.3, 0.4) is 0 Å². The Morgan fingerprint density at radius 2 is 1.94 bits per heavy atom. The van der Waals surface area contributed by atoms with Gasteiger partial charge in [0.05, 0.1) is 23.7 Å². The number of hydrogen-bond donors (Lipinski definition) is 1. The van der Waals surface area contributed by atoms with Crippen LogP contribution in [0.5, 0.6) is 5.75 Å². The van der Waals surface area contributed by atoms with Gasteiger partial charge in [-0.05, 0) is 48.9 Å². The SMILES string of the molecule is COc1ccccc1-n1c(=O)c2ccc(Cl)cc2n(C(C)C(=O)NCc2cccnc2)c1=O. The third-order valence-corrected chi connectivity index (χ3v) is 5.57. The molecule has 0 aliphatic heterocycles. The minimum absolute atomic E-state index is 0.247. The molecular formula is C24H21ClN4O4. The number of pyridine rings is 1. The molecule has 0 bridgehead atoms. The molecule has 1 unspecified atom stereocenters. The zero-order chi connectivity index (χ0) is 23.5. The van der Waals surface area contributed by atoms with Gasteiger partial charge >= 0.3 is 5.69 Å². The summed E-state index contributed by atoms with van der Waals surface area (Å²) in [7, 11) is 1.46. The number of carbonyl (C=O) groups is 1. The van der Waals surface area contributed by atoms with E-state index in [1.807, 2.05) is 6.07 Å². The summed E-state index contributed by atoms with van der Waals surface area (Å²) in [4.78, 5) is 44.0. The lowest BCUT2D eigenvalue weighted by Gasteiger charge is -2.20. The zero-order valence-corrected chi connectivity index (χ0v) is 18.7. The smallest absolute Gasteiger partial charge is 0.337 e. The van der Waals surface area contributed by atoms with E-state index in [9.17, 15) is 14.4 Å². The van der Waals surface area contributed by atoms with E-state index in [0.717, 1.165) is 10.1 Å². The molecule has 33 heavy (non-hydrogen) atoms. The van der Waals surface area contributed by atoms with Gasteiger partial charge in [0.1, 0.15) is 11.8 Å². The summed E-state index contributed by atoms with van der Waals surface area (Å²) in [6, 6.07) is 14.0. The van der Waals surface area contributed by atoms with Crippen molar-refractivity contribution in [3.8, 4) is 11.4 Å². The highest BCUT2D eigenvalue weighted by Gasteiger charge is 2.24. The van der Waals surface area contributed by atoms with Crippen LogP contribution in [0.4, 0.5) is 0 Å². The molecule has 1 N–H and O–H groups in total. The molecule has 0 saturated heterocycles. The molecule has 0 radical (unpaired) electrons. The number of carbonyl (C=O) groups excluding carboxylic acids is 1. The van der Waals surface area contributed by atoms with Gasteiger partial charge in [-0.1, -0.05) is 29.8 Å². The Kier molecular flexibility index (Phi) is 6.28. The van der Waals surface area contributed by atoms with Crippen LogP contribution in [0.15, 0.2) is 76.6 Å².